The van der Waals surface area contributed by atoms with Crippen LogP contribution in [0.3, 0.4) is 0 Å². The van der Waals surface area contributed by atoms with Gasteiger partial charge in [0, 0.05) is 6.54 Å². The molecule has 1 aliphatic heterocycles. The van der Waals surface area contributed by atoms with Gasteiger partial charge in [-0.2, -0.15) is 0 Å². The number of carbonyl (C=O) groups is 1. The zero-order valence-corrected chi connectivity index (χ0v) is 13.6. The number of benzene rings is 1. The predicted octanol–water partition coefficient (Wildman–Crippen LogP) is 1.73. The van der Waals surface area contributed by atoms with Crippen molar-refractivity contribution >= 4 is 21.6 Å². The van der Waals surface area contributed by atoms with Crippen LogP contribution in [0, 0.1) is 17.8 Å². The Morgan fingerprint density at radius 2 is 2.13 bits per heavy atom. The largest absolute Gasteiger partial charge is 0.482 e. The summed E-state index contributed by atoms with van der Waals surface area (Å²) in [6.45, 7) is 0.463. The first-order valence-corrected chi connectivity index (χ1v) is 9.56. The Morgan fingerprint density at radius 1 is 1.26 bits per heavy atom. The molecule has 0 unspecified atom stereocenters. The Labute approximate surface area is 135 Å². The molecule has 124 valence electrons. The van der Waals surface area contributed by atoms with E-state index in [0.717, 1.165) is 12.3 Å². The van der Waals surface area contributed by atoms with Gasteiger partial charge in [0.15, 0.2) is 6.61 Å². The average molecular weight is 336 g/mol. The van der Waals surface area contributed by atoms with E-state index in [1.54, 1.807) is 6.07 Å². The lowest BCUT2D eigenvalue weighted by Crippen LogP contribution is -2.32. The van der Waals surface area contributed by atoms with Crippen LogP contribution in [0.5, 0.6) is 5.75 Å². The van der Waals surface area contributed by atoms with Gasteiger partial charge in [-0.1, -0.05) is 6.42 Å². The third-order valence-corrected chi connectivity index (χ3v) is 6.74. The number of sulfonamides is 1. The van der Waals surface area contributed by atoms with E-state index in [1.807, 2.05) is 0 Å². The molecule has 6 nitrogen and oxygen atoms in total. The van der Waals surface area contributed by atoms with Crippen molar-refractivity contribution in [3.8, 4) is 5.75 Å². The number of fused-ring (bicyclic) bond motifs is 3. The highest BCUT2D eigenvalue weighted by molar-refractivity contribution is 7.89. The second-order valence-corrected chi connectivity index (χ2v) is 8.55. The fourth-order valence-corrected chi connectivity index (χ4v) is 5.28. The summed E-state index contributed by atoms with van der Waals surface area (Å²) in [5, 5.41) is 2.64. The second-order valence-electron chi connectivity index (χ2n) is 6.78. The van der Waals surface area contributed by atoms with E-state index in [9.17, 15) is 13.2 Å². The summed E-state index contributed by atoms with van der Waals surface area (Å²) in [6.07, 6.45) is 4.94. The van der Waals surface area contributed by atoms with Crippen molar-refractivity contribution in [3.05, 3.63) is 18.2 Å². The molecule has 0 spiro atoms. The summed E-state index contributed by atoms with van der Waals surface area (Å²) in [7, 11) is -3.57. The highest BCUT2D eigenvalue weighted by Crippen LogP contribution is 2.48. The fourth-order valence-electron chi connectivity index (χ4n) is 4.16. The number of rotatable bonds is 4. The smallest absolute Gasteiger partial charge is 0.262 e. The lowest BCUT2D eigenvalue weighted by atomic mass is 9.89. The molecular weight excluding hydrogens is 316 g/mol. The highest BCUT2D eigenvalue weighted by Gasteiger charge is 2.39. The maximum atomic E-state index is 12.5. The van der Waals surface area contributed by atoms with Crippen LogP contribution in [0.2, 0.25) is 0 Å². The molecule has 2 saturated carbocycles. The number of anilines is 1. The Kier molecular flexibility index (Phi) is 3.57. The minimum Gasteiger partial charge on any atom is -0.482 e. The van der Waals surface area contributed by atoms with Crippen LogP contribution >= 0.6 is 0 Å². The predicted molar refractivity (Wildman–Crippen MR) is 84.7 cm³/mol. The molecule has 0 aromatic heterocycles. The van der Waals surface area contributed by atoms with Crippen molar-refractivity contribution in [2.24, 2.45) is 17.8 Å². The molecule has 2 N–H and O–H groups in total. The third-order valence-electron chi connectivity index (χ3n) is 5.31. The second kappa shape index (κ2) is 5.49. The van der Waals surface area contributed by atoms with E-state index in [2.05, 4.69) is 10.0 Å². The van der Waals surface area contributed by atoms with E-state index in [-0.39, 0.29) is 17.4 Å². The molecule has 1 amide bonds. The molecule has 1 aromatic carbocycles. The van der Waals surface area contributed by atoms with E-state index in [1.165, 1.54) is 31.4 Å². The molecule has 0 saturated heterocycles. The molecule has 2 aliphatic carbocycles. The van der Waals surface area contributed by atoms with Gasteiger partial charge in [-0.15, -0.1) is 0 Å². The summed E-state index contributed by atoms with van der Waals surface area (Å²) in [6, 6.07) is 4.55. The number of nitrogens with one attached hydrogen (secondary N) is 2. The highest BCUT2D eigenvalue weighted by atomic mass is 32.2. The topological polar surface area (TPSA) is 84.5 Å². The molecular formula is C16H20N2O4S. The van der Waals surface area contributed by atoms with Crippen LogP contribution in [-0.4, -0.2) is 27.5 Å². The van der Waals surface area contributed by atoms with Crippen molar-refractivity contribution < 1.29 is 17.9 Å². The van der Waals surface area contributed by atoms with Gasteiger partial charge in [0.1, 0.15) is 5.75 Å². The molecule has 4 rings (SSSR count). The van der Waals surface area contributed by atoms with Gasteiger partial charge in [-0.05, 0) is 55.2 Å². The number of ether oxygens (including phenoxy) is 1. The summed E-state index contributed by atoms with van der Waals surface area (Å²) in [5.74, 6) is 2.16. The SMILES string of the molecule is O=C1COc2ccc(S(=O)(=O)NC[C@@H]3C[C@@H]4CC[C@@H]3C4)cc2N1. The van der Waals surface area contributed by atoms with Crippen molar-refractivity contribution in [2.75, 3.05) is 18.5 Å². The summed E-state index contributed by atoms with van der Waals surface area (Å²) in [5.41, 5.74) is 0.407. The standard InChI is InChI=1S/C16H20N2O4S/c19-16-9-22-15-4-3-13(7-14(15)18-16)23(20,21)17-8-12-6-10-1-2-11(12)5-10/h3-4,7,10-12,17H,1-2,5-6,8-9H2,(H,18,19)/t10-,11-,12+/m1/s1. The van der Waals surface area contributed by atoms with Crippen LogP contribution in [0.25, 0.3) is 0 Å². The van der Waals surface area contributed by atoms with Crippen molar-refractivity contribution in [1.82, 2.24) is 4.72 Å². The van der Waals surface area contributed by atoms with Gasteiger partial charge in [0.2, 0.25) is 10.0 Å². The molecule has 3 atom stereocenters. The lowest BCUT2D eigenvalue weighted by Gasteiger charge is -2.22. The zero-order valence-electron chi connectivity index (χ0n) is 12.7. The summed E-state index contributed by atoms with van der Waals surface area (Å²) < 4.78 is 33.0. The fraction of sp³-hybridized carbons (Fsp3) is 0.562. The molecule has 0 radical (unpaired) electrons. The molecule has 23 heavy (non-hydrogen) atoms. The van der Waals surface area contributed by atoms with Crippen molar-refractivity contribution in [1.29, 1.82) is 0 Å². The number of hydrogen-bond donors (Lipinski definition) is 2. The van der Waals surface area contributed by atoms with Gasteiger partial charge in [0.05, 0.1) is 10.6 Å². The molecule has 7 heteroatoms. The lowest BCUT2D eigenvalue weighted by molar-refractivity contribution is -0.118. The monoisotopic (exact) mass is 336 g/mol. The van der Waals surface area contributed by atoms with Gasteiger partial charge in [0.25, 0.3) is 5.91 Å². The Bertz CT molecular complexity index is 746. The van der Waals surface area contributed by atoms with Crippen LogP contribution < -0.4 is 14.8 Å². The first-order valence-electron chi connectivity index (χ1n) is 8.07. The molecule has 1 heterocycles. The van der Waals surface area contributed by atoms with E-state index >= 15 is 0 Å². The molecule has 1 aromatic rings. The molecule has 2 bridgehead atoms. The minimum absolute atomic E-state index is 0.0401. The van der Waals surface area contributed by atoms with E-state index in [4.69, 9.17) is 4.74 Å². The summed E-state index contributed by atoms with van der Waals surface area (Å²) >= 11 is 0. The van der Waals surface area contributed by atoms with Gasteiger partial charge in [-0.25, -0.2) is 13.1 Å². The van der Waals surface area contributed by atoms with Crippen LogP contribution in [-0.2, 0) is 14.8 Å². The minimum atomic E-state index is -3.57. The first kappa shape index (κ1) is 15.0. The average Bonchev–Trinajstić information content (AvgIpc) is 3.15. The van der Waals surface area contributed by atoms with Gasteiger partial charge in [-0.3, -0.25) is 4.79 Å². The Morgan fingerprint density at radius 3 is 2.87 bits per heavy atom. The number of carbonyl (C=O) groups excluding carboxylic acids is 1. The number of hydrogen-bond acceptors (Lipinski definition) is 4. The third kappa shape index (κ3) is 2.83. The normalized spacial score (nSPS) is 29.0. The Balaban J connectivity index is 1.48. The first-order chi connectivity index (χ1) is 11.0. The van der Waals surface area contributed by atoms with E-state index in [0.29, 0.717) is 29.8 Å². The maximum absolute atomic E-state index is 12.5. The van der Waals surface area contributed by atoms with Crippen molar-refractivity contribution in [2.45, 2.75) is 30.6 Å². The van der Waals surface area contributed by atoms with Gasteiger partial charge >= 0.3 is 0 Å². The Hall–Kier alpha value is -1.60. The van der Waals surface area contributed by atoms with Crippen LogP contribution in [0.15, 0.2) is 23.1 Å². The van der Waals surface area contributed by atoms with Crippen molar-refractivity contribution in [3.63, 3.8) is 0 Å². The summed E-state index contributed by atoms with van der Waals surface area (Å²) in [4.78, 5) is 11.5. The zero-order chi connectivity index (χ0) is 16.0. The quantitative estimate of drug-likeness (QED) is 0.877. The van der Waals surface area contributed by atoms with Crippen LogP contribution in [0.4, 0.5) is 5.69 Å². The van der Waals surface area contributed by atoms with Crippen LogP contribution in [0.1, 0.15) is 25.7 Å². The maximum Gasteiger partial charge on any atom is 0.262 e. The molecule has 2 fully saturated rings. The van der Waals surface area contributed by atoms with Gasteiger partial charge < -0.3 is 10.1 Å². The number of amides is 1. The van der Waals surface area contributed by atoms with E-state index < -0.39 is 10.0 Å². The molecule has 3 aliphatic rings.